The Morgan fingerprint density at radius 3 is 2.61 bits per heavy atom. The fraction of sp³-hybridized carbons (Fsp3) is 0.292. The van der Waals surface area contributed by atoms with E-state index < -0.39 is 11.9 Å². The van der Waals surface area contributed by atoms with Gasteiger partial charge in [0.1, 0.15) is 5.69 Å². The third-order valence-electron chi connectivity index (χ3n) is 5.39. The summed E-state index contributed by atoms with van der Waals surface area (Å²) in [7, 11) is 0. The normalized spacial score (nSPS) is 16.3. The van der Waals surface area contributed by atoms with Crippen LogP contribution in [-0.2, 0) is 12.6 Å². The van der Waals surface area contributed by atoms with Gasteiger partial charge in [-0.3, -0.25) is 4.99 Å². The Kier molecular flexibility index (Phi) is 5.31. The first-order valence-corrected chi connectivity index (χ1v) is 11.3. The number of fused-ring (bicyclic) bond motifs is 2. The molecule has 0 fully saturated rings. The molecule has 0 aliphatic carbocycles. The number of benzene rings is 2. The highest BCUT2D eigenvalue weighted by Gasteiger charge is 2.34. The predicted molar refractivity (Wildman–Crippen MR) is 120 cm³/mol. The SMILES string of the molecule is CC1(C)Cc2ccccc2C(CSc2nc(-c3ccc4c(c3)OCO4)cc(C(F)(F)F)n2)=N1. The summed E-state index contributed by atoms with van der Waals surface area (Å²) < 4.78 is 51.5. The molecule has 0 bridgehead atoms. The van der Waals surface area contributed by atoms with E-state index >= 15 is 0 Å². The number of nitrogens with zero attached hydrogens (tertiary/aromatic N) is 3. The Hall–Kier alpha value is -3.07. The Labute approximate surface area is 193 Å². The summed E-state index contributed by atoms with van der Waals surface area (Å²) in [5, 5.41) is 0.0426. The summed E-state index contributed by atoms with van der Waals surface area (Å²) in [6.45, 7) is 4.18. The van der Waals surface area contributed by atoms with Gasteiger partial charge in [-0.15, -0.1) is 0 Å². The molecule has 0 radical (unpaired) electrons. The van der Waals surface area contributed by atoms with Gasteiger partial charge < -0.3 is 9.47 Å². The number of alkyl halides is 3. The summed E-state index contributed by atoms with van der Waals surface area (Å²) in [5.74, 6) is 1.39. The van der Waals surface area contributed by atoms with Gasteiger partial charge in [0.2, 0.25) is 6.79 Å². The van der Waals surface area contributed by atoms with E-state index in [0.29, 0.717) is 22.8 Å². The number of rotatable bonds is 4. The standard InChI is InChI=1S/C24H20F3N3O2S/c1-23(2)11-15-5-3-4-6-16(15)18(30-23)12-33-22-28-17(10-21(29-22)24(25,26)27)14-7-8-19-20(9-14)32-13-31-19/h3-10H,11-13H2,1-2H3. The van der Waals surface area contributed by atoms with Gasteiger partial charge in [-0.25, -0.2) is 9.97 Å². The molecule has 2 aliphatic rings. The second kappa shape index (κ2) is 8.06. The van der Waals surface area contributed by atoms with Gasteiger partial charge in [-0.1, -0.05) is 36.0 Å². The number of ether oxygens (including phenoxy) is 2. The van der Waals surface area contributed by atoms with E-state index in [1.165, 1.54) is 5.56 Å². The van der Waals surface area contributed by atoms with Crippen LogP contribution < -0.4 is 9.47 Å². The van der Waals surface area contributed by atoms with E-state index in [2.05, 4.69) is 16.0 Å². The van der Waals surface area contributed by atoms with Gasteiger partial charge in [0.25, 0.3) is 0 Å². The van der Waals surface area contributed by atoms with Gasteiger partial charge in [-0.05, 0) is 55.7 Å². The number of hydrogen-bond acceptors (Lipinski definition) is 6. The Morgan fingerprint density at radius 1 is 1.00 bits per heavy atom. The molecule has 33 heavy (non-hydrogen) atoms. The van der Waals surface area contributed by atoms with Crippen LogP contribution in [0, 0.1) is 0 Å². The van der Waals surface area contributed by atoms with Crippen molar-refractivity contribution in [3.05, 3.63) is 65.4 Å². The first-order chi connectivity index (χ1) is 15.7. The largest absolute Gasteiger partial charge is 0.454 e. The molecule has 3 aromatic rings. The molecule has 0 atom stereocenters. The lowest BCUT2D eigenvalue weighted by molar-refractivity contribution is -0.141. The zero-order chi connectivity index (χ0) is 23.2. The van der Waals surface area contributed by atoms with Crippen LogP contribution in [0.5, 0.6) is 11.5 Å². The maximum atomic E-state index is 13.6. The van der Waals surface area contributed by atoms with Crippen LogP contribution in [0.1, 0.15) is 30.7 Å². The molecule has 0 N–H and O–H groups in total. The molecule has 0 amide bonds. The molecule has 3 heterocycles. The van der Waals surface area contributed by atoms with Crippen molar-refractivity contribution in [1.29, 1.82) is 0 Å². The lowest BCUT2D eigenvalue weighted by Crippen LogP contribution is -2.29. The smallest absolute Gasteiger partial charge is 0.433 e. The molecule has 0 saturated carbocycles. The molecule has 2 aromatic carbocycles. The van der Waals surface area contributed by atoms with Crippen molar-refractivity contribution in [1.82, 2.24) is 9.97 Å². The summed E-state index contributed by atoms with van der Waals surface area (Å²) in [6, 6.07) is 13.9. The third-order valence-corrected chi connectivity index (χ3v) is 6.25. The molecule has 0 unspecified atom stereocenters. The number of halogens is 3. The number of thioether (sulfide) groups is 1. The molecular formula is C24H20F3N3O2S. The second-order valence-corrected chi connectivity index (χ2v) is 9.42. The van der Waals surface area contributed by atoms with Crippen LogP contribution in [0.15, 0.2) is 58.7 Å². The number of aromatic nitrogens is 2. The third kappa shape index (κ3) is 4.55. The van der Waals surface area contributed by atoms with Crippen molar-refractivity contribution in [2.75, 3.05) is 12.5 Å². The van der Waals surface area contributed by atoms with Crippen molar-refractivity contribution in [2.24, 2.45) is 4.99 Å². The molecule has 1 aromatic heterocycles. The molecule has 0 spiro atoms. The van der Waals surface area contributed by atoms with Gasteiger partial charge >= 0.3 is 6.18 Å². The van der Waals surface area contributed by atoms with Crippen LogP contribution in [0.4, 0.5) is 13.2 Å². The maximum Gasteiger partial charge on any atom is 0.433 e. The minimum absolute atomic E-state index is 0.0426. The predicted octanol–water partition coefficient (Wildman–Crippen LogP) is 5.81. The molecule has 5 rings (SSSR count). The van der Waals surface area contributed by atoms with E-state index in [1.807, 2.05) is 32.0 Å². The van der Waals surface area contributed by atoms with Crippen molar-refractivity contribution in [3.63, 3.8) is 0 Å². The molecule has 5 nitrogen and oxygen atoms in total. The first kappa shape index (κ1) is 21.8. The topological polar surface area (TPSA) is 56.6 Å². The average molecular weight is 472 g/mol. The van der Waals surface area contributed by atoms with Crippen LogP contribution in [0.2, 0.25) is 0 Å². The molecule has 0 saturated heterocycles. The van der Waals surface area contributed by atoms with Crippen LogP contribution in [-0.4, -0.2) is 33.8 Å². The zero-order valence-electron chi connectivity index (χ0n) is 17.9. The highest BCUT2D eigenvalue weighted by Crippen LogP contribution is 2.38. The molecule has 170 valence electrons. The fourth-order valence-corrected chi connectivity index (χ4v) is 4.78. The van der Waals surface area contributed by atoms with Crippen LogP contribution >= 0.6 is 11.8 Å². The lowest BCUT2D eigenvalue weighted by atomic mass is 9.87. The summed E-state index contributed by atoms with van der Waals surface area (Å²) >= 11 is 1.15. The highest BCUT2D eigenvalue weighted by molar-refractivity contribution is 7.99. The van der Waals surface area contributed by atoms with Gasteiger partial charge in [0.15, 0.2) is 16.7 Å². The van der Waals surface area contributed by atoms with Crippen molar-refractivity contribution >= 4 is 17.5 Å². The summed E-state index contributed by atoms with van der Waals surface area (Å²) in [4.78, 5) is 13.1. The number of aliphatic imine (C=N–C) groups is 1. The van der Waals surface area contributed by atoms with Crippen LogP contribution in [0.25, 0.3) is 11.3 Å². The van der Waals surface area contributed by atoms with Crippen LogP contribution in [0.3, 0.4) is 0 Å². The lowest BCUT2D eigenvalue weighted by Gasteiger charge is -2.29. The van der Waals surface area contributed by atoms with Gasteiger partial charge in [-0.2, -0.15) is 13.2 Å². The Bertz CT molecular complexity index is 1260. The zero-order valence-corrected chi connectivity index (χ0v) is 18.8. The van der Waals surface area contributed by atoms with E-state index in [9.17, 15) is 13.2 Å². The average Bonchev–Trinajstić information content (AvgIpc) is 3.24. The van der Waals surface area contributed by atoms with E-state index in [-0.39, 0.29) is 23.2 Å². The van der Waals surface area contributed by atoms with E-state index in [0.717, 1.165) is 35.5 Å². The quantitative estimate of drug-likeness (QED) is 0.355. The summed E-state index contributed by atoms with van der Waals surface area (Å²) in [6.07, 6.45) is -3.79. The minimum atomic E-state index is -4.60. The van der Waals surface area contributed by atoms with E-state index in [4.69, 9.17) is 14.5 Å². The molecule has 2 aliphatic heterocycles. The molecular weight excluding hydrogens is 451 g/mol. The van der Waals surface area contributed by atoms with Gasteiger partial charge in [0.05, 0.1) is 16.9 Å². The van der Waals surface area contributed by atoms with Gasteiger partial charge in [0, 0.05) is 11.3 Å². The van der Waals surface area contributed by atoms with E-state index in [1.54, 1.807) is 18.2 Å². The number of hydrogen-bond donors (Lipinski definition) is 0. The Morgan fingerprint density at radius 2 is 1.79 bits per heavy atom. The highest BCUT2D eigenvalue weighted by atomic mass is 32.2. The fourth-order valence-electron chi connectivity index (χ4n) is 3.97. The monoisotopic (exact) mass is 471 g/mol. The first-order valence-electron chi connectivity index (χ1n) is 10.3. The Balaban J connectivity index is 1.48. The van der Waals surface area contributed by atoms with Crippen molar-refractivity contribution in [2.45, 2.75) is 37.1 Å². The van der Waals surface area contributed by atoms with Crippen molar-refractivity contribution < 1.29 is 22.6 Å². The summed E-state index contributed by atoms with van der Waals surface area (Å²) in [5.41, 5.74) is 2.43. The van der Waals surface area contributed by atoms with Crippen molar-refractivity contribution in [3.8, 4) is 22.8 Å². The second-order valence-electron chi connectivity index (χ2n) is 8.48. The molecule has 9 heteroatoms. The minimum Gasteiger partial charge on any atom is -0.454 e. The maximum absolute atomic E-state index is 13.6.